The molecule has 2 rings (SSSR count). The Balaban J connectivity index is 2.22. The molecule has 1 aromatic heterocycles. The molecule has 1 atom stereocenters. The molecule has 1 fully saturated rings. The first-order valence-corrected chi connectivity index (χ1v) is 5.34. The lowest BCUT2D eigenvalue weighted by atomic mass is 10.2. The van der Waals surface area contributed by atoms with Crippen molar-refractivity contribution in [2.45, 2.75) is 18.9 Å². The third kappa shape index (κ3) is 1.90. The van der Waals surface area contributed by atoms with Gasteiger partial charge in [0.1, 0.15) is 0 Å². The number of hydrogen-bond acceptors (Lipinski definition) is 3. The molecule has 1 aliphatic rings. The fraction of sp³-hybridized carbons (Fsp3) is 0.455. The van der Waals surface area contributed by atoms with Crippen LogP contribution in [-0.4, -0.2) is 34.9 Å². The van der Waals surface area contributed by atoms with Crippen LogP contribution in [0.1, 0.15) is 23.2 Å². The highest BCUT2D eigenvalue weighted by molar-refractivity contribution is 5.94. The van der Waals surface area contributed by atoms with Crippen LogP contribution in [-0.2, 0) is 0 Å². The Kier molecular flexibility index (Phi) is 3.14. The molecule has 4 nitrogen and oxygen atoms in total. The second-order valence-electron chi connectivity index (χ2n) is 3.89. The topological polar surface area (TPSA) is 59.2 Å². The molecule has 1 saturated heterocycles. The van der Waals surface area contributed by atoms with Gasteiger partial charge in [-0.05, 0) is 18.9 Å². The maximum Gasteiger partial charge on any atom is 0.257 e. The number of nitrogens with zero attached hydrogens (tertiary/aromatic N) is 2. The molecule has 1 amide bonds. The lowest BCUT2D eigenvalue weighted by Crippen LogP contribution is -2.40. The number of pyridine rings is 1. The van der Waals surface area contributed by atoms with Crippen molar-refractivity contribution in [3.05, 3.63) is 29.8 Å². The Hall–Kier alpha value is -1.49. The summed E-state index contributed by atoms with van der Waals surface area (Å²) in [4.78, 5) is 17.3. The summed E-state index contributed by atoms with van der Waals surface area (Å²) >= 11 is 0. The third-order valence-electron chi connectivity index (χ3n) is 2.91. The lowest BCUT2D eigenvalue weighted by molar-refractivity contribution is 0.0736. The number of hydrogen-bond donors (Lipinski definition) is 1. The first-order valence-electron chi connectivity index (χ1n) is 5.34. The monoisotopic (exact) mass is 223 g/mol. The fourth-order valence-corrected chi connectivity index (χ4v) is 2.05. The predicted molar refractivity (Wildman–Crippen MR) is 57.3 cm³/mol. The minimum atomic E-state index is -0.574. The molecule has 1 aliphatic heterocycles. The van der Waals surface area contributed by atoms with E-state index in [-0.39, 0.29) is 17.5 Å². The fourth-order valence-electron chi connectivity index (χ4n) is 2.05. The van der Waals surface area contributed by atoms with Gasteiger partial charge in [-0.3, -0.25) is 9.78 Å². The average molecular weight is 223 g/mol. The molecule has 5 heteroatoms. The van der Waals surface area contributed by atoms with Crippen LogP contribution in [0.3, 0.4) is 0 Å². The number of carbonyl (C=O) groups excluding carboxylic acids is 1. The summed E-state index contributed by atoms with van der Waals surface area (Å²) in [6.45, 7) is 1.08. The summed E-state index contributed by atoms with van der Waals surface area (Å²) in [5, 5.41) is 0. The smallest absolute Gasteiger partial charge is 0.257 e. The van der Waals surface area contributed by atoms with Crippen LogP contribution in [0, 0.1) is 5.82 Å². The van der Waals surface area contributed by atoms with E-state index in [1.807, 2.05) is 0 Å². The molecule has 86 valence electrons. The Morgan fingerprint density at radius 3 is 3.19 bits per heavy atom. The maximum absolute atomic E-state index is 13.4. The molecule has 2 heterocycles. The average Bonchev–Trinajstić information content (AvgIpc) is 2.77. The normalized spacial score (nSPS) is 20.1. The quantitative estimate of drug-likeness (QED) is 0.806. The third-order valence-corrected chi connectivity index (χ3v) is 2.91. The maximum atomic E-state index is 13.4. The van der Waals surface area contributed by atoms with E-state index in [4.69, 9.17) is 5.73 Å². The molecule has 1 unspecified atom stereocenters. The molecule has 16 heavy (non-hydrogen) atoms. The highest BCUT2D eigenvalue weighted by Gasteiger charge is 2.29. The van der Waals surface area contributed by atoms with Gasteiger partial charge in [0.25, 0.3) is 5.91 Å². The summed E-state index contributed by atoms with van der Waals surface area (Å²) in [5.41, 5.74) is 5.66. The zero-order chi connectivity index (χ0) is 11.5. The lowest BCUT2D eigenvalue weighted by Gasteiger charge is -2.23. The van der Waals surface area contributed by atoms with Crippen LogP contribution in [0.4, 0.5) is 4.39 Å². The summed E-state index contributed by atoms with van der Waals surface area (Å²) < 4.78 is 13.4. The van der Waals surface area contributed by atoms with Crippen molar-refractivity contribution >= 4 is 5.91 Å². The van der Waals surface area contributed by atoms with E-state index in [9.17, 15) is 9.18 Å². The zero-order valence-electron chi connectivity index (χ0n) is 8.90. The van der Waals surface area contributed by atoms with Crippen LogP contribution >= 0.6 is 0 Å². The van der Waals surface area contributed by atoms with E-state index in [0.717, 1.165) is 19.0 Å². The molecule has 0 saturated carbocycles. The van der Waals surface area contributed by atoms with Crippen molar-refractivity contribution in [2.75, 3.05) is 13.1 Å². The van der Waals surface area contributed by atoms with E-state index < -0.39 is 5.82 Å². The van der Waals surface area contributed by atoms with Gasteiger partial charge < -0.3 is 10.6 Å². The summed E-state index contributed by atoms with van der Waals surface area (Å²) in [6.07, 6.45) is 4.31. The molecular weight excluding hydrogens is 209 g/mol. The Morgan fingerprint density at radius 1 is 1.69 bits per heavy atom. The second kappa shape index (κ2) is 4.57. The van der Waals surface area contributed by atoms with Gasteiger partial charge in [0.15, 0.2) is 5.82 Å². The van der Waals surface area contributed by atoms with Crippen LogP contribution < -0.4 is 5.73 Å². The Bertz CT molecular complexity index is 397. The van der Waals surface area contributed by atoms with Gasteiger partial charge in [-0.15, -0.1) is 0 Å². The number of nitrogens with two attached hydrogens (primary N) is 1. The molecule has 1 aromatic rings. The van der Waals surface area contributed by atoms with E-state index in [1.165, 1.54) is 12.3 Å². The number of amides is 1. The van der Waals surface area contributed by atoms with Crippen molar-refractivity contribution in [1.82, 2.24) is 9.88 Å². The summed E-state index contributed by atoms with van der Waals surface area (Å²) in [7, 11) is 0. The number of halogens is 1. The van der Waals surface area contributed by atoms with Crippen molar-refractivity contribution < 1.29 is 9.18 Å². The second-order valence-corrected chi connectivity index (χ2v) is 3.89. The first kappa shape index (κ1) is 11.0. The van der Waals surface area contributed by atoms with E-state index >= 15 is 0 Å². The Morgan fingerprint density at radius 2 is 2.50 bits per heavy atom. The SMILES string of the molecule is NCC1CCCN1C(=O)c1ccncc1F. The largest absolute Gasteiger partial charge is 0.334 e. The highest BCUT2D eigenvalue weighted by atomic mass is 19.1. The zero-order valence-corrected chi connectivity index (χ0v) is 8.90. The van der Waals surface area contributed by atoms with Gasteiger partial charge in [0, 0.05) is 25.3 Å². The highest BCUT2D eigenvalue weighted by Crippen LogP contribution is 2.20. The Labute approximate surface area is 93.3 Å². The van der Waals surface area contributed by atoms with E-state index in [0.29, 0.717) is 13.1 Å². The minimum Gasteiger partial charge on any atom is -0.334 e. The van der Waals surface area contributed by atoms with Crippen molar-refractivity contribution in [2.24, 2.45) is 5.73 Å². The standard InChI is InChI=1S/C11H14FN3O/c12-10-7-14-4-3-9(10)11(16)15-5-1-2-8(15)6-13/h3-4,7-8H,1-2,5-6,13H2. The molecule has 0 bridgehead atoms. The molecule has 2 N–H and O–H groups in total. The number of aromatic nitrogens is 1. The molecule has 0 aromatic carbocycles. The minimum absolute atomic E-state index is 0.0417. The summed E-state index contributed by atoms with van der Waals surface area (Å²) in [6, 6.07) is 1.45. The van der Waals surface area contributed by atoms with Gasteiger partial charge >= 0.3 is 0 Å². The molecular formula is C11H14FN3O. The molecule has 0 radical (unpaired) electrons. The molecule has 0 spiro atoms. The van der Waals surface area contributed by atoms with Crippen LogP contribution in [0.2, 0.25) is 0 Å². The first-order chi connectivity index (χ1) is 7.74. The van der Waals surface area contributed by atoms with Gasteiger partial charge in [0.2, 0.25) is 0 Å². The van der Waals surface area contributed by atoms with Crippen LogP contribution in [0.25, 0.3) is 0 Å². The summed E-state index contributed by atoms with van der Waals surface area (Å²) in [5.74, 6) is -0.858. The van der Waals surface area contributed by atoms with Gasteiger partial charge in [-0.25, -0.2) is 4.39 Å². The van der Waals surface area contributed by atoms with Gasteiger partial charge in [-0.1, -0.05) is 0 Å². The number of likely N-dealkylation sites (tertiary alicyclic amines) is 1. The van der Waals surface area contributed by atoms with Crippen molar-refractivity contribution in [3.8, 4) is 0 Å². The number of rotatable bonds is 2. The van der Waals surface area contributed by atoms with Gasteiger partial charge in [0.05, 0.1) is 11.8 Å². The van der Waals surface area contributed by atoms with Crippen molar-refractivity contribution in [3.63, 3.8) is 0 Å². The molecule has 0 aliphatic carbocycles. The van der Waals surface area contributed by atoms with E-state index in [1.54, 1.807) is 4.90 Å². The van der Waals surface area contributed by atoms with E-state index in [2.05, 4.69) is 4.98 Å². The predicted octanol–water partition coefficient (Wildman–Crippen LogP) is 0.784. The number of carbonyl (C=O) groups is 1. The van der Waals surface area contributed by atoms with Gasteiger partial charge in [-0.2, -0.15) is 0 Å². The van der Waals surface area contributed by atoms with Crippen molar-refractivity contribution in [1.29, 1.82) is 0 Å². The van der Waals surface area contributed by atoms with Crippen LogP contribution in [0.15, 0.2) is 18.5 Å². The van der Waals surface area contributed by atoms with Crippen LogP contribution in [0.5, 0.6) is 0 Å².